The number of hydrogen-bond donors (Lipinski definition) is 2. The van der Waals surface area contributed by atoms with Crippen LogP contribution in [0.3, 0.4) is 0 Å². The number of nitrogens with one attached hydrogen (secondary N) is 2. The third-order valence-corrected chi connectivity index (χ3v) is 6.19. The number of carbonyl (C=O) groups is 1. The molecule has 2 fully saturated rings. The molecule has 0 spiro atoms. The third kappa shape index (κ3) is 3.38. The summed E-state index contributed by atoms with van der Waals surface area (Å²) in [5, 5.41) is 8.06. The van der Waals surface area contributed by atoms with Gasteiger partial charge in [0.05, 0.1) is 5.56 Å². The van der Waals surface area contributed by atoms with Gasteiger partial charge in [0.25, 0.3) is 5.91 Å². The predicted octanol–water partition coefficient (Wildman–Crippen LogP) is 1.48. The molecule has 29 heavy (non-hydrogen) atoms. The van der Waals surface area contributed by atoms with Crippen LogP contribution >= 0.6 is 0 Å². The van der Waals surface area contributed by atoms with E-state index in [1.807, 2.05) is 4.90 Å². The van der Waals surface area contributed by atoms with E-state index in [2.05, 4.69) is 56.5 Å². The molecule has 2 saturated heterocycles. The number of piperidine rings is 1. The molecular weight excluding hydrogens is 366 g/mol. The number of hydrogen-bond acceptors (Lipinski definition) is 6. The molecule has 0 saturated carbocycles. The van der Waals surface area contributed by atoms with Gasteiger partial charge in [-0.15, -0.1) is 5.10 Å². The van der Waals surface area contributed by atoms with Crippen LogP contribution in [0.4, 0.5) is 0 Å². The zero-order valence-corrected chi connectivity index (χ0v) is 16.5. The van der Waals surface area contributed by atoms with Crippen molar-refractivity contribution in [3.05, 3.63) is 53.7 Å². The van der Waals surface area contributed by atoms with Crippen LogP contribution in [-0.2, 0) is 7.05 Å². The van der Waals surface area contributed by atoms with Gasteiger partial charge in [0, 0.05) is 44.8 Å². The van der Waals surface area contributed by atoms with Crippen LogP contribution in [0, 0.1) is 5.92 Å². The number of carbonyl (C=O) groups excluding carboxylic acids is 1. The Morgan fingerprint density at radius 2 is 2.10 bits per heavy atom. The van der Waals surface area contributed by atoms with E-state index < -0.39 is 0 Å². The maximum absolute atomic E-state index is 13.2. The van der Waals surface area contributed by atoms with E-state index in [-0.39, 0.29) is 5.91 Å². The number of fused-ring (bicyclic) bond motifs is 1. The van der Waals surface area contributed by atoms with E-state index in [0.29, 0.717) is 34.6 Å². The normalized spacial score (nSPS) is 24.9. The van der Waals surface area contributed by atoms with Crippen LogP contribution in [0.15, 0.2) is 42.6 Å². The molecule has 0 aliphatic carbocycles. The molecule has 2 N–H and O–H groups in total. The zero-order valence-electron chi connectivity index (χ0n) is 16.5. The van der Waals surface area contributed by atoms with Crippen molar-refractivity contribution in [3.8, 4) is 0 Å². The lowest BCUT2D eigenvalue weighted by molar-refractivity contribution is 0.0644. The van der Waals surface area contributed by atoms with Gasteiger partial charge in [-0.1, -0.05) is 35.5 Å². The zero-order chi connectivity index (χ0) is 19.8. The number of nitrogens with zero attached hydrogens (tertiary/aromatic N) is 5. The number of hydrazine groups is 1. The molecule has 0 bridgehead atoms. The molecule has 2 aliphatic heterocycles. The minimum absolute atomic E-state index is 0.0250. The van der Waals surface area contributed by atoms with Gasteiger partial charge in [-0.2, -0.15) is 0 Å². The van der Waals surface area contributed by atoms with Crippen LogP contribution in [0.5, 0.6) is 0 Å². The van der Waals surface area contributed by atoms with Crippen LogP contribution in [0.1, 0.15) is 34.7 Å². The molecule has 3 atom stereocenters. The Balaban J connectivity index is 1.33. The van der Waals surface area contributed by atoms with E-state index in [0.717, 1.165) is 32.5 Å². The van der Waals surface area contributed by atoms with E-state index in [1.165, 1.54) is 5.56 Å². The number of aryl methyl sites for hydroxylation is 1. The Morgan fingerprint density at radius 1 is 1.24 bits per heavy atom. The molecule has 8 heteroatoms. The predicted molar refractivity (Wildman–Crippen MR) is 109 cm³/mol. The number of aromatic nitrogens is 4. The molecular formula is C21H25N7O. The van der Waals surface area contributed by atoms with Gasteiger partial charge < -0.3 is 4.90 Å². The van der Waals surface area contributed by atoms with Gasteiger partial charge in [-0.3, -0.25) is 15.6 Å². The van der Waals surface area contributed by atoms with Crippen molar-refractivity contribution in [2.24, 2.45) is 13.0 Å². The van der Waals surface area contributed by atoms with Gasteiger partial charge in [-0.25, -0.2) is 9.67 Å². The Bertz CT molecular complexity index is 1020. The highest BCUT2D eigenvalue weighted by atomic mass is 16.2. The molecule has 3 aromatic rings. The molecule has 2 aromatic heterocycles. The van der Waals surface area contributed by atoms with Gasteiger partial charge in [0.15, 0.2) is 5.65 Å². The second-order valence-electron chi connectivity index (χ2n) is 8.00. The fourth-order valence-electron chi connectivity index (χ4n) is 4.70. The summed E-state index contributed by atoms with van der Waals surface area (Å²) in [7, 11) is 1.80. The van der Waals surface area contributed by atoms with E-state index >= 15 is 0 Å². The molecule has 5 rings (SSSR count). The largest absolute Gasteiger partial charge is 0.338 e. The first kappa shape index (κ1) is 18.2. The van der Waals surface area contributed by atoms with E-state index in [9.17, 15) is 4.79 Å². The molecule has 1 amide bonds. The maximum Gasteiger partial charge on any atom is 0.255 e. The van der Waals surface area contributed by atoms with Crippen molar-refractivity contribution in [1.82, 2.24) is 35.7 Å². The minimum atomic E-state index is 0.0250. The molecule has 0 radical (unpaired) electrons. The minimum Gasteiger partial charge on any atom is -0.338 e. The lowest BCUT2D eigenvalue weighted by atomic mass is 9.81. The smallest absolute Gasteiger partial charge is 0.255 e. The lowest BCUT2D eigenvalue weighted by Crippen LogP contribution is -2.48. The summed E-state index contributed by atoms with van der Waals surface area (Å²) in [6.07, 6.45) is 3.77. The summed E-state index contributed by atoms with van der Waals surface area (Å²) in [6, 6.07) is 12.7. The SMILES string of the molecule is Cn1nnc2cc(C(=O)N3CCCC(C4NNCC4c4ccccc4)C3)cnc21. The van der Waals surface area contributed by atoms with Crippen molar-refractivity contribution in [2.75, 3.05) is 19.6 Å². The maximum atomic E-state index is 13.2. The highest BCUT2D eigenvalue weighted by Crippen LogP contribution is 2.32. The number of likely N-dealkylation sites (tertiary alicyclic amines) is 1. The molecule has 2 aliphatic rings. The number of rotatable bonds is 3. The number of amides is 1. The topological polar surface area (TPSA) is 88.0 Å². The number of benzene rings is 1. The van der Waals surface area contributed by atoms with Crippen LogP contribution in [0.2, 0.25) is 0 Å². The highest BCUT2D eigenvalue weighted by Gasteiger charge is 2.37. The van der Waals surface area contributed by atoms with Crippen LogP contribution in [0.25, 0.3) is 11.2 Å². The standard InChI is InChI=1S/C21H25N7O/c1-27-20-18(24-26-27)10-16(11-22-20)21(29)28-9-5-8-15(13-28)19-17(12-23-25-19)14-6-3-2-4-7-14/h2-4,6-7,10-11,15,17,19,23,25H,5,8-9,12-13H2,1H3. The Hall–Kier alpha value is -2.84. The Morgan fingerprint density at radius 3 is 2.97 bits per heavy atom. The summed E-state index contributed by atoms with van der Waals surface area (Å²) >= 11 is 0. The van der Waals surface area contributed by atoms with Gasteiger partial charge in [0.1, 0.15) is 5.52 Å². The van der Waals surface area contributed by atoms with Crippen molar-refractivity contribution < 1.29 is 4.79 Å². The molecule has 8 nitrogen and oxygen atoms in total. The van der Waals surface area contributed by atoms with Crippen LogP contribution in [-0.4, -0.2) is 56.5 Å². The fraction of sp³-hybridized carbons (Fsp3) is 0.429. The van der Waals surface area contributed by atoms with Crippen LogP contribution < -0.4 is 10.9 Å². The average molecular weight is 391 g/mol. The Labute approximate surface area is 169 Å². The second-order valence-corrected chi connectivity index (χ2v) is 8.00. The molecule has 1 aromatic carbocycles. The summed E-state index contributed by atoms with van der Waals surface area (Å²) in [5.74, 6) is 0.840. The van der Waals surface area contributed by atoms with Crippen molar-refractivity contribution >= 4 is 17.1 Å². The fourth-order valence-corrected chi connectivity index (χ4v) is 4.70. The summed E-state index contributed by atoms with van der Waals surface area (Å²) in [6.45, 7) is 2.44. The molecule has 150 valence electrons. The summed E-state index contributed by atoms with van der Waals surface area (Å²) in [5.41, 5.74) is 10.1. The monoisotopic (exact) mass is 391 g/mol. The Kier molecular flexibility index (Phi) is 4.73. The van der Waals surface area contributed by atoms with Gasteiger partial charge in [-0.05, 0) is 30.4 Å². The highest BCUT2D eigenvalue weighted by molar-refractivity contribution is 5.96. The lowest BCUT2D eigenvalue weighted by Gasteiger charge is -2.37. The third-order valence-electron chi connectivity index (χ3n) is 6.19. The molecule has 4 heterocycles. The number of pyridine rings is 1. The van der Waals surface area contributed by atoms with Crippen molar-refractivity contribution in [3.63, 3.8) is 0 Å². The first-order valence-corrected chi connectivity index (χ1v) is 10.2. The first-order valence-electron chi connectivity index (χ1n) is 10.2. The quantitative estimate of drug-likeness (QED) is 0.703. The van der Waals surface area contributed by atoms with Gasteiger partial charge >= 0.3 is 0 Å². The first-order chi connectivity index (χ1) is 14.2. The van der Waals surface area contributed by atoms with E-state index in [4.69, 9.17) is 0 Å². The second kappa shape index (κ2) is 7.53. The molecule has 3 unspecified atom stereocenters. The average Bonchev–Trinajstić information content (AvgIpc) is 3.41. The van der Waals surface area contributed by atoms with Crippen molar-refractivity contribution in [1.29, 1.82) is 0 Å². The summed E-state index contributed by atoms with van der Waals surface area (Å²) < 4.78 is 1.61. The van der Waals surface area contributed by atoms with Crippen molar-refractivity contribution in [2.45, 2.75) is 24.8 Å². The van der Waals surface area contributed by atoms with E-state index in [1.54, 1.807) is 24.0 Å². The van der Waals surface area contributed by atoms with Gasteiger partial charge in [0.2, 0.25) is 0 Å². The summed E-state index contributed by atoms with van der Waals surface area (Å²) in [4.78, 5) is 19.5.